The van der Waals surface area contributed by atoms with Gasteiger partial charge in [0.05, 0.1) is 17.4 Å². The predicted molar refractivity (Wildman–Crippen MR) is 80.9 cm³/mol. The maximum atomic E-state index is 12.8. The van der Waals surface area contributed by atoms with Gasteiger partial charge in [0, 0.05) is 24.8 Å². The van der Waals surface area contributed by atoms with Crippen LogP contribution >= 0.6 is 0 Å². The lowest BCUT2D eigenvalue weighted by Gasteiger charge is -2.07. The highest BCUT2D eigenvalue weighted by Gasteiger charge is 2.36. The minimum absolute atomic E-state index is 0.150. The van der Waals surface area contributed by atoms with E-state index in [0.29, 0.717) is 0 Å². The molecular weight excluding hydrogens is 337 g/mol. The van der Waals surface area contributed by atoms with E-state index in [1.165, 1.54) is 23.0 Å². The van der Waals surface area contributed by atoms with Gasteiger partial charge in [-0.05, 0) is 17.7 Å². The van der Waals surface area contributed by atoms with Gasteiger partial charge in [-0.2, -0.15) is 22.7 Å². The predicted octanol–water partition coefficient (Wildman–Crippen LogP) is 1.90. The largest absolute Gasteiger partial charge is 0.453 e. The fourth-order valence-corrected chi connectivity index (χ4v) is 2.49. The van der Waals surface area contributed by atoms with Gasteiger partial charge < -0.3 is 4.57 Å². The highest BCUT2D eigenvalue weighted by molar-refractivity contribution is 5.78. The molecule has 4 rings (SSSR count). The van der Waals surface area contributed by atoms with E-state index in [2.05, 4.69) is 20.1 Å². The summed E-state index contributed by atoms with van der Waals surface area (Å²) in [5.74, 6) is -1.52. The van der Waals surface area contributed by atoms with Crippen molar-refractivity contribution in [2.24, 2.45) is 0 Å². The Labute approximate surface area is 137 Å². The molecule has 4 heterocycles. The highest BCUT2D eigenvalue weighted by Crippen LogP contribution is 2.26. The maximum Gasteiger partial charge on any atom is 0.453 e. The highest BCUT2D eigenvalue weighted by atomic mass is 19.4. The third-order valence-corrected chi connectivity index (χ3v) is 3.64. The molecule has 0 fully saturated rings. The van der Waals surface area contributed by atoms with E-state index in [-0.39, 0.29) is 28.8 Å². The van der Waals surface area contributed by atoms with Gasteiger partial charge in [0.25, 0.3) is 17.2 Å². The van der Waals surface area contributed by atoms with Crippen LogP contribution in [-0.4, -0.2) is 29.1 Å². The Kier molecular flexibility index (Phi) is 3.27. The van der Waals surface area contributed by atoms with Crippen molar-refractivity contribution in [1.29, 1.82) is 0 Å². The number of fused-ring (bicyclic) bond motifs is 3. The molecular formula is C15H9F3N6O. The Balaban J connectivity index is 1.87. The van der Waals surface area contributed by atoms with E-state index >= 15 is 0 Å². The standard InChI is InChI=1S/C15H9F3N6O/c16-15(17,18)13-21-14-20-7-10-11(24(14)22-13)3-5-23(12(10)25)8-9-2-1-4-19-6-9/h1-7H,8H2. The normalized spacial score (nSPS) is 12.1. The van der Waals surface area contributed by atoms with E-state index < -0.39 is 12.0 Å². The molecule has 7 nitrogen and oxygen atoms in total. The molecule has 25 heavy (non-hydrogen) atoms. The van der Waals surface area contributed by atoms with Crippen molar-refractivity contribution in [3.63, 3.8) is 0 Å². The second-order valence-electron chi connectivity index (χ2n) is 5.31. The lowest BCUT2D eigenvalue weighted by atomic mass is 10.2. The fraction of sp³-hybridized carbons (Fsp3) is 0.133. The van der Waals surface area contributed by atoms with Crippen LogP contribution in [0.4, 0.5) is 13.2 Å². The number of nitrogens with zero attached hydrogens (tertiary/aromatic N) is 6. The van der Waals surface area contributed by atoms with Crippen molar-refractivity contribution in [3.8, 4) is 0 Å². The topological polar surface area (TPSA) is 78.0 Å². The Hall–Kier alpha value is -3.30. The molecule has 4 aromatic rings. The Bertz CT molecular complexity index is 1130. The summed E-state index contributed by atoms with van der Waals surface area (Å²) in [6.07, 6.45) is 1.27. The molecule has 0 N–H and O–H groups in total. The second kappa shape index (κ2) is 5.36. The van der Waals surface area contributed by atoms with Crippen LogP contribution in [-0.2, 0) is 12.7 Å². The van der Waals surface area contributed by atoms with Gasteiger partial charge in [-0.25, -0.2) is 4.98 Å². The van der Waals surface area contributed by atoms with Gasteiger partial charge in [-0.1, -0.05) is 6.07 Å². The molecule has 10 heteroatoms. The number of hydrogen-bond donors (Lipinski definition) is 0. The minimum Gasteiger partial charge on any atom is -0.310 e. The quantitative estimate of drug-likeness (QED) is 0.554. The monoisotopic (exact) mass is 346 g/mol. The summed E-state index contributed by atoms with van der Waals surface area (Å²) in [7, 11) is 0. The maximum absolute atomic E-state index is 12.8. The summed E-state index contributed by atoms with van der Waals surface area (Å²) >= 11 is 0. The van der Waals surface area contributed by atoms with Crippen LogP contribution in [0.5, 0.6) is 0 Å². The van der Waals surface area contributed by atoms with Crippen LogP contribution in [0, 0.1) is 0 Å². The fourth-order valence-electron chi connectivity index (χ4n) is 2.49. The molecule has 0 saturated heterocycles. The molecule has 0 aromatic carbocycles. The average molecular weight is 346 g/mol. The van der Waals surface area contributed by atoms with Crippen LogP contribution in [0.25, 0.3) is 16.7 Å². The Morgan fingerprint density at radius 1 is 1.16 bits per heavy atom. The number of hydrogen-bond acceptors (Lipinski definition) is 5. The van der Waals surface area contributed by atoms with Gasteiger partial charge in [-0.3, -0.25) is 9.78 Å². The molecule has 0 spiro atoms. The zero-order valence-electron chi connectivity index (χ0n) is 12.5. The lowest BCUT2D eigenvalue weighted by Crippen LogP contribution is -2.21. The molecule has 0 amide bonds. The lowest BCUT2D eigenvalue weighted by molar-refractivity contribution is -0.144. The summed E-state index contributed by atoms with van der Waals surface area (Å²) in [6.45, 7) is 0.284. The first-order valence-corrected chi connectivity index (χ1v) is 7.14. The molecule has 0 aliphatic rings. The van der Waals surface area contributed by atoms with E-state index in [9.17, 15) is 18.0 Å². The van der Waals surface area contributed by atoms with Crippen LogP contribution in [0.3, 0.4) is 0 Å². The van der Waals surface area contributed by atoms with Crippen molar-refractivity contribution in [2.45, 2.75) is 12.7 Å². The number of halogens is 3. The Morgan fingerprint density at radius 3 is 2.72 bits per heavy atom. The molecule has 0 aliphatic heterocycles. The first-order chi connectivity index (χ1) is 11.9. The molecule has 0 saturated carbocycles. The van der Waals surface area contributed by atoms with E-state index in [1.807, 2.05) is 6.07 Å². The van der Waals surface area contributed by atoms with Crippen molar-refractivity contribution in [3.05, 3.63) is 64.7 Å². The summed E-state index contributed by atoms with van der Waals surface area (Å²) in [5.41, 5.74) is 0.637. The SMILES string of the molecule is O=c1c2cnc3nc(C(F)(F)F)nn3c2ccn1Cc1cccnc1. The average Bonchev–Trinajstić information content (AvgIpc) is 3.03. The number of aromatic nitrogens is 6. The van der Waals surface area contributed by atoms with Gasteiger partial charge in [0.1, 0.15) is 0 Å². The van der Waals surface area contributed by atoms with Crippen molar-refractivity contribution >= 4 is 16.7 Å². The Morgan fingerprint density at radius 2 is 2.00 bits per heavy atom. The van der Waals surface area contributed by atoms with Crippen LogP contribution in [0.2, 0.25) is 0 Å². The zero-order chi connectivity index (χ0) is 17.6. The summed E-state index contributed by atoms with van der Waals surface area (Å²) in [6, 6.07) is 5.08. The van der Waals surface area contributed by atoms with Crippen molar-refractivity contribution in [1.82, 2.24) is 29.1 Å². The molecule has 126 valence electrons. The minimum atomic E-state index is -4.69. The first kappa shape index (κ1) is 15.2. The number of rotatable bonds is 2. The third kappa shape index (κ3) is 2.61. The molecule has 0 aliphatic carbocycles. The van der Waals surface area contributed by atoms with Gasteiger partial charge >= 0.3 is 6.18 Å². The molecule has 0 atom stereocenters. The van der Waals surface area contributed by atoms with Gasteiger partial charge in [-0.15, -0.1) is 5.10 Å². The number of alkyl halides is 3. The first-order valence-electron chi connectivity index (χ1n) is 7.14. The number of pyridine rings is 2. The molecule has 0 unspecified atom stereocenters. The molecule has 4 aromatic heterocycles. The summed E-state index contributed by atoms with van der Waals surface area (Å²) in [4.78, 5) is 23.8. The van der Waals surface area contributed by atoms with Gasteiger partial charge in [0.2, 0.25) is 0 Å². The third-order valence-electron chi connectivity index (χ3n) is 3.64. The molecule has 0 radical (unpaired) electrons. The van der Waals surface area contributed by atoms with E-state index in [1.54, 1.807) is 18.5 Å². The zero-order valence-corrected chi connectivity index (χ0v) is 12.5. The summed E-state index contributed by atoms with van der Waals surface area (Å²) < 4.78 is 40.7. The van der Waals surface area contributed by atoms with E-state index in [0.717, 1.165) is 10.1 Å². The van der Waals surface area contributed by atoms with Crippen molar-refractivity contribution < 1.29 is 13.2 Å². The van der Waals surface area contributed by atoms with E-state index in [4.69, 9.17) is 0 Å². The van der Waals surface area contributed by atoms with Crippen LogP contribution in [0.15, 0.2) is 47.8 Å². The van der Waals surface area contributed by atoms with Crippen LogP contribution < -0.4 is 5.56 Å². The van der Waals surface area contributed by atoms with Crippen LogP contribution in [0.1, 0.15) is 11.4 Å². The van der Waals surface area contributed by atoms with Crippen molar-refractivity contribution in [2.75, 3.05) is 0 Å². The smallest absolute Gasteiger partial charge is 0.310 e. The van der Waals surface area contributed by atoms with Gasteiger partial charge in [0.15, 0.2) is 0 Å². The molecule has 0 bridgehead atoms. The second-order valence-corrected chi connectivity index (χ2v) is 5.31. The summed E-state index contributed by atoms with van der Waals surface area (Å²) in [5, 5.41) is 3.58.